The maximum Gasteiger partial charge on any atom is 0.450 e. The van der Waals surface area contributed by atoms with Crippen LogP contribution in [-0.2, 0) is 6.18 Å². The monoisotopic (exact) mass is 426 g/mol. The summed E-state index contributed by atoms with van der Waals surface area (Å²) in [5.41, 5.74) is 1.95. The van der Waals surface area contributed by atoms with Gasteiger partial charge in [-0.1, -0.05) is 17.7 Å². The van der Waals surface area contributed by atoms with E-state index in [1.54, 1.807) is 24.3 Å². The van der Waals surface area contributed by atoms with E-state index in [0.29, 0.717) is 11.3 Å². The Kier molecular flexibility index (Phi) is 5.10. The van der Waals surface area contributed by atoms with Gasteiger partial charge in [-0.2, -0.15) is 13.2 Å². The van der Waals surface area contributed by atoms with Crippen LogP contribution >= 0.6 is 0 Å². The van der Waals surface area contributed by atoms with E-state index in [4.69, 9.17) is 4.74 Å². The molecule has 2 aromatic heterocycles. The SMILES string of the molecule is COc1ccc2c(c1)nc(C(F)(F)F)n2-c1ccc(NC(=O)c2cccc(C)c2)nc1. The van der Waals surface area contributed by atoms with Crippen molar-refractivity contribution in [3.8, 4) is 11.4 Å². The van der Waals surface area contributed by atoms with E-state index < -0.39 is 12.0 Å². The van der Waals surface area contributed by atoms with Crippen molar-refractivity contribution in [3.63, 3.8) is 0 Å². The number of aryl methyl sites for hydroxylation is 1. The Morgan fingerprint density at radius 2 is 1.90 bits per heavy atom. The van der Waals surface area contributed by atoms with Gasteiger partial charge in [0.25, 0.3) is 5.91 Å². The summed E-state index contributed by atoms with van der Waals surface area (Å²) in [5, 5.41) is 2.64. The van der Waals surface area contributed by atoms with Gasteiger partial charge in [0.1, 0.15) is 11.6 Å². The van der Waals surface area contributed by atoms with Crippen molar-refractivity contribution in [1.29, 1.82) is 0 Å². The van der Waals surface area contributed by atoms with Crippen molar-refractivity contribution >= 4 is 22.8 Å². The number of benzene rings is 2. The van der Waals surface area contributed by atoms with E-state index in [0.717, 1.165) is 10.1 Å². The Morgan fingerprint density at radius 3 is 2.55 bits per heavy atom. The molecule has 0 atom stereocenters. The molecule has 0 aliphatic rings. The summed E-state index contributed by atoms with van der Waals surface area (Å²) in [6.07, 6.45) is -3.42. The van der Waals surface area contributed by atoms with E-state index in [1.807, 2.05) is 13.0 Å². The number of halogens is 3. The molecule has 158 valence electrons. The second kappa shape index (κ2) is 7.75. The predicted molar refractivity (Wildman–Crippen MR) is 110 cm³/mol. The van der Waals surface area contributed by atoms with Crippen LogP contribution in [0.3, 0.4) is 0 Å². The van der Waals surface area contributed by atoms with Gasteiger partial charge in [0, 0.05) is 11.6 Å². The fourth-order valence-corrected chi connectivity index (χ4v) is 3.21. The lowest BCUT2D eigenvalue weighted by Crippen LogP contribution is -2.15. The Hall–Kier alpha value is -3.88. The molecule has 0 unspecified atom stereocenters. The largest absolute Gasteiger partial charge is 0.497 e. The molecule has 1 amide bonds. The number of anilines is 1. The van der Waals surface area contributed by atoms with Crippen LogP contribution in [0.5, 0.6) is 5.75 Å². The quantitative estimate of drug-likeness (QED) is 0.498. The lowest BCUT2D eigenvalue weighted by atomic mass is 10.1. The number of aromatic nitrogens is 3. The molecule has 0 saturated carbocycles. The van der Waals surface area contributed by atoms with Gasteiger partial charge in [-0.3, -0.25) is 9.36 Å². The molecule has 4 aromatic rings. The molecule has 2 heterocycles. The van der Waals surface area contributed by atoms with Crippen LogP contribution in [0.15, 0.2) is 60.8 Å². The first-order valence-corrected chi connectivity index (χ1v) is 9.24. The molecule has 0 bridgehead atoms. The number of carbonyl (C=O) groups excluding carboxylic acids is 1. The van der Waals surface area contributed by atoms with E-state index in [-0.39, 0.29) is 28.4 Å². The first-order chi connectivity index (χ1) is 14.8. The summed E-state index contributed by atoms with van der Waals surface area (Å²) < 4.78 is 47.0. The highest BCUT2D eigenvalue weighted by Gasteiger charge is 2.38. The number of carbonyl (C=O) groups is 1. The summed E-state index contributed by atoms with van der Waals surface area (Å²) in [5.74, 6) is -0.817. The molecular formula is C22H17F3N4O2. The lowest BCUT2D eigenvalue weighted by molar-refractivity contribution is -0.145. The van der Waals surface area contributed by atoms with E-state index >= 15 is 0 Å². The van der Waals surface area contributed by atoms with Gasteiger partial charge in [-0.25, -0.2) is 9.97 Å². The Labute approximate surface area is 175 Å². The average molecular weight is 426 g/mol. The van der Waals surface area contributed by atoms with Crippen LogP contribution in [0, 0.1) is 6.92 Å². The number of nitrogens with one attached hydrogen (secondary N) is 1. The highest BCUT2D eigenvalue weighted by Crippen LogP contribution is 2.34. The highest BCUT2D eigenvalue weighted by molar-refractivity contribution is 6.03. The van der Waals surface area contributed by atoms with E-state index in [9.17, 15) is 18.0 Å². The molecule has 6 nitrogen and oxygen atoms in total. The second-order valence-corrected chi connectivity index (χ2v) is 6.85. The number of hydrogen-bond donors (Lipinski definition) is 1. The number of ether oxygens (including phenoxy) is 1. The van der Waals surface area contributed by atoms with Crippen molar-refractivity contribution in [3.05, 3.63) is 77.7 Å². The first kappa shape index (κ1) is 20.4. The third-order valence-corrected chi connectivity index (χ3v) is 4.64. The van der Waals surface area contributed by atoms with Crippen molar-refractivity contribution < 1.29 is 22.7 Å². The Bertz CT molecular complexity index is 1260. The number of hydrogen-bond acceptors (Lipinski definition) is 4. The van der Waals surface area contributed by atoms with E-state index in [2.05, 4.69) is 15.3 Å². The van der Waals surface area contributed by atoms with Gasteiger partial charge in [-0.15, -0.1) is 0 Å². The minimum atomic E-state index is -4.68. The average Bonchev–Trinajstić information content (AvgIpc) is 3.13. The molecule has 0 spiro atoms. The number of amides is 1. The lowest BCUT2D eigenvalue weighted by Gasteiger charge is -2.12. The van der Waals surface area contributed by atoms with Crippen molar-refractivity contribution in [1.82, 2.24) is 14.5 Å². The van der Waals surface area contributed by atoms with Gasteiger partial charge >= 0.3 is 6.18 Å². The zero-order valence-electron chi connectivity index (χ0n) is 16.6. The van der Waals surface area contributed by atoms with E-state index in [1.165, 1.54) is 37.6 Å². The molecule has 4 rings (SSSR count). The Balaban J connectivity index is 1.69. The van der Waals surface area contributed by atoms with Crippen LogP contribution in [0.25, 0.3) is 16.7 Å². The van der Waals surface area contributed by atoms with Gasteiger partial charge in [0.15, 0.2) is 0 Å². The predicted octanol–water partition coefficient (Wildman–Crippen LogP) is 5.01. The number of imidazole rings is 1. The van der Waals surface area contributed by atoms with Crippen LogP contribution in [0.2, 0.25) is 0 Å². The topological polar surface area (TPSA) is 69.0 Å². The van der Waals surface area contributed by atoms with Gasteiger partial charge < -0.3 is 10.1 Å². The molecular weight excluding hydrogens is 409 g/mol. The summed E-state index contributed by atoms with van der Waals surface area (Å²) in [6, 6.07) is 14.4. The van der Waals surface area contributed by atoms with Crippen LogP contribution in [0.1, 0.15) is 21.7 Å². The number of alkyl halides is 3. The molecule has 9 heteroatoms. The van der Waals surface area contributed by atoms with Gasteiger partial charge in [-0.05, 0) is 43.3 Å². The molecule has 31 heavy (non-hydrogen) atoms. The smallest absolute Gasteiger partial charge is 0.450 e. The molecule has 0 saturated heterocycles. The molecule has 0 fully saturated rings. The second-order valence-electron chi connectivity index (χ2n) is 6.85. The summed E-state index contributed by atoms with van der Waals surface area (Å²) in [7, 11) is 1.43. The summed E-state index contributed by atoms with van der Waals surface area (Å²) in [6.45, 7) is 1.87. The minimum Gasteiger partial charge on any atom is -0.497 e. The third kappa shape index (κ3) is 4.07. The maximum atomic E-state index is 13.6. The molecule has 0 radical (unpaired) electrons. The Morgan fingerprint density at radius 1 is 1.10 bits per heavy atom. The number of pyridine rings is 1. The van der Waals surface area contributed by atoms with Crippen LogP contribution < -0.4 is 10.1 Å². The number of fused-ring (bicyclic) bond motifs is 1. The van der Waals surface area contributed by atoms with Crippen molar-refractivity contribution in [2.24, 2.45) is 0 Å². The minimum absolute atomic E-state index is 0.142. The number of nitrogens with zero attached hydrogens (tertiary/aromatic N) is 3. The summed E-state index contributed by atoms with van der Waals surface area (Å²) in [4.78, 5) is 20.2. The molecule has 2 aromatic carbocycles. The van der Waals surface area contributed by atoms with Crippen molar-refractivity contribution in [2.75, 3.05) is 12.4 Å². The summed E-state index contributed by atoms with van der Waals surface area (Å²) >= 11 is 0. The number of methoxy groups -OCH3 is 1. The van der Waals surface area contributed by atoms with Crippen molar-refractivity contribution in [2.45, 2.75) is 13.1 Å². The maximum absolute atomic E-state index is 13.6. The molecule has 0 aliphatic heterocycles. The van der Waals surface area contributed by atoms with Crippen LogP contribution in [0.4, 0.5) is 19.0 Å². The van der Waals surface area contributed by atoms with Gasteiger partial charge in [0.05, 0.1) is 30.0 Å². The zero-order chi connectivity index (χ0) is 22.2. The zero-order valence-corrected chi connectivity index (χ0v) is 16.6. The highest BCUT2D eigenvalue weighted by atomic mass is 19.4. The van der Waals surface area contributed by atoms with Gasteiger partial charge in [0.2, 0.25) is 5.82 Å². The number of rotatable bonds is 4. The molecule has 0 aliphatic carbocycles. The molecule has 1 N–H and O–H groups in total. The fourth-order valence-electron chi connectivity index (χ4n) is 3.21. The normalized spacial score (nSPS) is 11.5. The standard InChI is InChI=1S/C22H17F3N4O2/c1-13-4-3-5-14(10-13)20(30)28-19-9-6-15(12-26-19)29-18-8-7-16(31-2)11-17(18)27-21(29)22(23,24)25/h3-12H,1-2H3,(H,26,28,30). The first-order valence-electron chi connectivity index (χ1n) is 9.24. The third-order valence-electron chi connectivity index (χ3n) is 4.64. The fraction of sp³-hybridized carbons (Fsp3) is 0.136. The van der Waals surface area contributed by atoms with Crippen LogP contribution in [-0.4, -0.2) is 27.6 Å².